The molecule has 23 heavy (non-hydrogen) atoms. The Morgan fingerprint density at radius 2 is 1.78 bits per heavy atom. The van der Waals surface area contributed by atoms with E-state index >= 15 is 0 Å². The first kappa shape index (κ1) is 17.6. The number of anilines is 1. The molecule has 2 aromatic carbocycles. The summed E-state index contributed by atoms with van der Waals surface area (Å²) >= 11 is 12.0. The van der Waals surface area contributed by atoms with E-state index in [1.807, 2.05) is 12.1 Å². The molecule has 0 saturated heterocycles. The van der Waals surface area contributed by atoms with Crippen LogP contribution in [0.2, 0.25) is 10.0 Å². The van der Waals surface area contributed by atoms with Gasteiger partial charge in [0.25, 0.3) is 5.91 Å². The zero-order valence-corrected chi connectivity index (χ0v) is 14.5. The SMILES string of the molecule is CS(=O)(=O)Nc1ccc(C(=O)NCc2ccccc2Cl)cc1Cl. The van der Waals surface area contributed by atoms with E-state index < -0.39 is 10.0 Å². The van der Waals surface area contributed by atoms with E-state index in [1.165, 1.54) is 18.2 Å². The number of sulfonamides is 1. The number of rotatable bonds is 5. The number of nitrogens with one attached hydrogen (secondary N) is 2. The van der Waals surface area contributed by atoms with Crippen LogP contribution in [-0.2, 0) is 16.6 Å². The number of hydrogen-bond acceptors (Lipinski definition) is 3. The molecule has 122 valence electrons. The van der Waals surface area contributed by atoms with E-state index in [9.17, 15) is 13.2 Å². The monoisotopic (exact) mass is 372 g/mol. The molecule has 1 amide bonds. The minimum Gasteiger partial charge on any atom is -0.348 e. The smallest absolute Gasteiger partial charge is 0.251 e. The molecule has 0 saturated carbocycles. The third-order valence-electron chi connectivity index (χ3n) is 2.92. The summed E-state index contributed by atoms with van der Waals surface area (Å²) in [5, 5.41) is 3.44. The summed E-state index contributed by atoms with van der Waals surface area (Å²) in [6.07, 6.45) is 1.02. The molecular weight excluding hydrogens is 359 g/mol. The van der Waals surface area contributed by atoms with Crippen molar-refractivity contribution in [1.82, 2.24) is 5.32 Å². The van der Waals surface area contributed by atoms with E-state index in [-0.39, 0.29) is 23.2 Å². The second kappa shape index (κ2) is 7.21. The maximum atomic E-state index is 12.1. The standard InChI is InChI=1S/C15H14Cl2N2O3S/c1-23(21,22)19-14-7-6-10(8-13(14)17)15(20)18-9-11-4-2-3-5-12(11)16/h2-8,19H,9H2,1H3,(H,18,20). The molecule has 0 aliphatic rings. The Kier molecular flexibility index (Phi) is 5.51. The second-order valence-corrected chi connectivity index (χ2v) is 7.41. The molecule has 2 aromatic rings. The molecule has 2 N–H and O–H groups in total. The van der Waals surface area contributed by atoms with Gasteiger partial charge in [0.1, 0.15) is 0 Å². The first-order chi connectivity index (χ1) is 10.8. The van der Waals surface area contributed by atoms with Crippen LogP contribution in [0.1, 0.15) is 15.9 Å². The fourth-order valence-electron chi connectivity index (χ4n) is 1.86. The Bertz CT molecular complexity index is 838. The van der Waals surface area contributed by atoms with Crippen molar-refractivity contribution in [2.75, 3.05) is 11.0 Å². The molecule has 0 unspecified atom stereocenters. The number of carbonyl (C=O) groups excluding carboxylic acids is 1. The van der Waals surface area contributed by atoms with Gasteiger partial charge in [0, 0.05) is 17.1 Å². The summed E-state index contributed by atoms with van der Waals surface area (Å²) in [7, 11) is -3.43. The van der Waals surface area contributed by atoms with E-state index in [2.05, 4.69) is 10.0 Å². The molecule has 8 heteroatoms. The van der Waals surface area contributed by atoms with Gasteiger partial charge in [-0.05, 0) is 29.8 Å². The van der Waals surface area contributed by atoms with Crippen LogP contribution in [0.25, 0.3) is 0 Å². The van der Waals surface area contributed by atoms with Gasteiger partial charge in [-0.1, -0.05) is 41.4 Å². The van der Waals surface area contributed by atoms with Crippen LogP contribution in [0, 0.1) is 0 Å². The Morgan fingerprint density at radius 1 is 1.09 bits per heavy atom. The lowest BCUT2D eigenvalue weighted by Crippen LogP contribution is -2.23. The predicted octanol–water partition coefficient (Wildman–Crippen LogP) is 3.29. The highest BCUT2D eigenvalue weighted by Gasteiger charge is 2.11. The van der Waals surface area contributed by atoms with Crippen molar-refractivity contribution in [1.29, 1.82) is 0 Å². The largest absolute Gasteiger partial charge is 0.348 e. The lowest BCUT2D eigenvalue weighted by atomic mass is 10.2. The van der Waals surface area contributed by atoms with Gasteiger partial charge in [0.2, 0.25) is 10.0 Å². The van der Waals surface area contributed by atoms with Gasteiger partial charge in [-0.15, -0.1) is 0 Å². The highest BCUT2D eigenvalue weighted by Crippen LogP contribution is 2.24. The summed E-state index contributed by atoms with van der Waals surface area (Å²) < 4.78 is 24.7. The van der Waals surface area contributed by atoms with E-state index in [4.69, 9.17) is 23.2 Å². The maximum absolute atomic E-state index is 12.1. The summed E-state index contributed by atoms with van der Waals surface area (Å²) in [6, 6.07) is 11.5. The summed E-state index contributed by atoms with van der Waals surface area (Å²) in [5.41, 5.74) is 1.34. The first-order valence-electron chi connectivity index (χ1n) is 6.55. The molecule has 0 fully saturated rings. The number of benzene rings is 2. The van der Waals surface area contributed by atoms with Crippen molar-refractivity contribution < 1.29 is 13.2 Å². The number of hydrogen-bond donors (Lipinski definition) is 2. The minimum absolute atomic E-state index is 0.140. The van der Waals surface area contributed by atoms with Crippen molar-refractivity contribution in [3.8, 4) is 0 Å². The van der Waals surface area contributed by atoms with Crippen LogP contribution in [0.4, 0.5) is 5.69 Å². The number of carbonyl (C=O) groups is 1. The second-order valence-electron chi connectivity index (χ2n) is 4.84. The maximum Gasteiger partial charge on any atom is 0.251 e. The molecule has 0 aromatic heterocycles. The van der Waals surface area contributed by atoms with Gasteiger partial charge in [-0.3, -0.25) is 9.52 Å². The summed E-state index contributed by atoms with van der Waals surface area (Å²) in [4.78, 5) is 12.1. The predicted molar refractivity (Wildman–Crippen MR) is 92.5 cm³/mol. The molecule has 0 atom stereocenters. The topological polar surface area (TPSA) is 75.3 Å². The Labute approximate surface area is 144 Å². The summed E-state index contributed by atoms with van der Waals surface area (Å²) in [6.45, 7) is 0.277. The lowest BCUT2D eigenvalue weighted by molar-refractivity contribution is 0.0951. The molecule has 0 aliphatic heterocycles. The number of amides is 1. The Balaban J connectivity index is 2.08. The average molecular weight is 373 g/mol. The third kappa shape index (κ3) is 5.13. The van der Waals surface area contributed by atoms with E-state index in [1.54, 1.807) is 12.1 Å². The van der Waals surface area contributed by atoms with Crippen LogP contribution < -0.4 is 10.0 Å². The third-order valence-corrected chi connectivity index (χ3v) is 4.20. The number of halogens is 2. The highest BCUT2D eigenvalue weighted by atomic mass is 35.5. The van der Waals surface area contributed by atoms with Crippen molar-refractivity contribution >= 4 is 44.8 Å². The fraction of sp³-hybridized carbons (Fsp3) is 0.133. The average Bonchev–Trinajstić information content (AvgIpc) is 2.47. The van der Waals surface area contributed by atoms with Gasteiger partial charge in [0.15, 0.2) is 0 Å². The van der Waals surface area contributed by atoms with E-state index in [0.717, 1.165) is 11.8 Å². The van der Waals surface area contributed by atoms with Gasteiger partial charge < -0.3 is 5.32 Å². The summed E-state index contributed by atoms with van der Waals surface area (Å²) in [5.74, 6) is -0.335. The molecule has 5 nitrogen and oxygen atoms in total. The van der Waals surface area contributed by atoms with Crippen molar-refractivity contribution in [3.63, 3.8) is 0 Å². The van der Waals surface area contributed by atoms with Gasteiger partial charge >= 0.3 is 0 Å². The van der Waals surface area contributed by atoms with Crippen LogP contribution in [-0.4, -0.2) is 20.6 Å². The molecule has 0 spiro atoms. The van der Waals surface area contributed by atoms with Crippen LogP contribution in [0.15, 0.2) is 42.5 Å². The van der Waals surface area contributed by atoms with Crippen LogP contribution >= 0.6 is 23.2 Å². The first-order valence-corrected chi connectivity index (χ1v) is 9.20. The van der Waals surface area contributed by atoms with Crippen molar-refractivity contribution in [2.45, 2.75) is 6.54 Å². The molecule has 2 rings (SSSR count). The molecule has 0 radical (unpaired) electrons. The van der Waals surface area contributed by atoms with Gasteiger partial charge in [0.05, 0.1) is 17.0 Å². The normalized spacial score (nSPS) is 11.1. The lowest BCUT2D eigenvalue weighted by Gasteiger charge is -2.10. The molecule has 0 heterocycles. The van der Waals surface area contributed by atoms with Gasteiger partial charge in [-0.2, -0.15) is 0 Å². The molecule has 0 bridgehead atoms. The zero-order chi connectivity index (χ0) is 17.0. The quantitative estimate of drug-likeness (QED) is 0.845. The van der Waals surface area contributed by atoms with Crippen LogP contribution in [0.3, 0.4) is 0 Å². The highest BCUT2D eigenvalue weighted by molar-refractivity contribution is 7.92. The van der Waals surface area contributed by atoms with E-state index in [0.29, 0.717) is 10.6 Å². The van der Waals surface area contributed by atoms with Crippen molar-refractivity contribution in [3.05, 3.63) is 63.6 Å². The fourth-order valence-corrected chi connectivity index (χ4v) is 2.92. The molecule has 0 aliphatic carbocycles. The minimum atomic E-state index is -3.43. The van der Waals surface area contributed by atoms with Crippen molar-refractivity contribution in [2.24, 2.45) is 0 Å². The zero-order valence-electron chi connectivity index (χ0n) is 12.1. The Hall–Kier alpha value is -1.76. The van der Waals surface area contributed by atoms with Crippen LogP contribution in [0.5, 0.6) is 0 Å². The van der Waals surface area contributed by atoms with Gasteiger partial charge in [-0.25, -0.2) is 8.42 Å². The molecular formula is C15H14Cl2N2O3S. The Morgan fingerprint density at radius 3 is 2.39 bits per heavy atom.